The van der Waals surface area contributed by atoms with Gasteiger partial charge in [-0.1, -0.05) is 4.49 Å². The van der Waals surface area contributed by atoms with Crippen LogP contribution in [0, 0.1) is 0 Å². The second-order valence-corrected chi connectivity index (χ2v) is 6.47. The number of halogens is 6. The molecule has 0 atom stereocenters. The van der Waals surface area contributed by atoms with Crippen LogP contribution < -0.4 is 4.49 Å². The zero-order valence-electron chi connectivity index (χ0n) is 9.49. The Hall–Kier alpha value is -0.400. The smallest absolute Gasteiger partial charge is 0.287 e. The van der Waals surface area contributed by atoms with Crippen molar-refractivity contribution in [1.29, 1.82) is 0 Å². The molecular weight excluding hydrogens is 347 g/mol. The van der Waals surface area contributed by atoms with Gasteiger partial charge in [0.25, 0.3) is 0 Å². The fraction of sp³-hybridized carbons (Fsp3) is 1.00. The molecule has 0 amide bonds. The summed E-state index contributed by atoms with van der Waals surface area (Å²) in [6.45, 7) is -4.59. The second kappa shape index (κ2) is 6.58. The van der Waals surface area contributed by atoms with Gasteiger partial charge in [0, 0.05) is 0 Å². The molecule has 0 aromatic carbocycles. The van der Waals surface area contributed by atoms with Gasteiger partial charge in [0.05, 0.1) is 7.11 Å². The largest absolute Gasteiger partial charge is 0.421 e. The molecule has 0 aliphatic carbocycles. The van der Waals surface area contributed by atoms with Crippen molar-refractivity contribution in [1.82, 2.24) is 4.49 Å². The van der Waals surface area contributed by atoms with Gasteiger partial charge in [-0.2, -0.15) is 34.8 Å². The highest BCUT2D eigenvalue weighted by Gasteiger charge is 2.41. The molecule has 0 aliphatic heterocycles. The molecule has 0 aromatic heterocycles. The molecule has 0 bridgehead atoms. The van der Waals surface area contributed by atoms with Gasteiger partial charge in [-0.05, 0) is 0 Å². The first-order chi connectivity index (χ1) is 8.68. The minimum Gasteiger partial charge on any atom is -0.287 e. The summed E-state index contributed by atoms with van der Waals surface area (Å²) in [5.41, 5.74) is 0. The lowest BCUT2D eigenvalue weighted by molar-refractivity contribution is -0.165. The van der Waals surface area contributed by atoms with Crippen LogP contribution in [0.5, 0.6) is 0 Å². The Morgan fingerprint density at radius 1 is 1.00 bits per heavy atom. The molecule has 0 heterocycles. The van der Waals surface area contributed by atoms with E-state index in [-0.39, 0.29) is 0 Å². The highest BCUT2D eigenvalue weighted by Crippen LogP contribution is 2.47. The van der Waals surface area contributed by atoms with E-state index in [1.54, 1.807) is 0 Å². The molecule has 122 valence electrons. The topological polar surface area (TPSA) is 90.9 Å². The summed E-state index contributed by atoms with van der Waals surface area (Å²) in [5.74, 6) is 0. The van der Waals surface area contributed by atoms with Crippen molar-refractivity contribution in [3.63, 3.8) is 0 Å². The van der Waals surface area contributed by atoms with Crippen LogP contribution in [0.25, 0.3) is 0 Å². The van der Waals surface area contributed by atoms with Crippen molar-refractivity contribution < 1.29 is 52.6 Å². The molecule has 7 nitrogen and oxygen atoms in total. The van der Waals surface area contributed by atoms with Crippen LogP contribution in [0.3, 0.4) is 0 Å². The van der Waals surface area contributed by atoms with Crippen molar-refractivity contribution in [2.75, 3.05) is 20.3 Å². The standard InChI is InChI=1S/C5H8F6NO6PS/c1-16-20(14,15)12-19(13,17-2-4(6,7)8)18-3-5(9,10)11/h2-3H2,1H3,(H,12,13). The lowest BCUT2D eigenvalue weighted by Gasteiger charge is -2.19. The molecule has 20 heavy (non-hydrogen) atoms. The first kappa shape index (κ1) is 19.6. The maximum atomic E-state index is 11.8. The Morgan fingerprint density at radius 2 is 1.35 bits per heavy atom. The highest BCUT2D eigenvalue weighted by molar-refractivity contribution is 7.90. The van der Waals surface area contributed by atoms with E-state index >= 15 is 0 Å². The van der Waals surface area contributed by atoms with Crippen molar-refractivity contribution >= 4 is 18.1 Å². The van der Waals surface area contributed by atoms with Crippen molar-refractivity contribution in [2.24, 2.45) is 0 Å². The summed E-state index contributed by atoms with van der Waals surface area (Å²) in [6.07, 6.45) is -10.1. The zero-order chi connectivity index (χ0) is 16.2. The summed E-state index contributed by atoms with van der Waals surface area (Å²) in [5, 5.41) is 0. The Kier molecular flexibility index (Phi) is 6.44. The van der Waals surface area contributed by atoms with Gasteiger partial charge >= 0.3 is 30.4 Å². The van der Waals surface area contributed by atoms with E-state index in [2.05, 4.69) is 13.2 Å². The molecule has 0 fully saturated rings. The third kappa shape index (κ3) is 9.50. The van der Waals surface area contributed by atoms with E-state index in [0.717, 1.165) is 4.49 Å². The van der Waals surface area contributed by atoms with Crippen LogP contribution >= 0.6 is 7.75 Å². The molecule has 0 rings (SSSR count). The minimum atomic E-state index is -5.45. The lowest BCUT2D eigenvalue weighted by Crippen LogP contribution is -2.29. The molecule has 1 N–H and O–H groups in total. The summed E-state index contributed by atoms with van der Waals surface area (Å²) >= 11 is 0. The van der Waals surface area contributed by atoms with E-state index in [9.17, 15) is 39.3 Å². The lowest BCUT2D eigenvalue weighted by atomic mass is 10.7. The van der Waals surface area contributed by atoms with E-state index in [4.69, 9.17) is 0 Å². The first-order valence-corrected chi connectivity index (χ1v) is 7.25. The van der Waals surface area contributed by atoms with Crippen molar-refractivity contribution in [3.8, 4) is 0 Å². The zero-order valence-corrected chi connectivity index (χ0v) is 11.2. The van der Waals surface area contributed by atoms with Crippen LogP contribution in [-0.4, -0.2) is 41.1 Å². The fourth-order valence-electron chi connectivity index (χ4n) is 0.581. The molecule has 0 spiro atoms. The Bertz CT molecular complexity index is 437. The first-order valence-electron chi connectivity index (χ1n) is 4.30. The van der Waals surface area contributed by atoms with Gasteiger partial charge in [0.2, 0.25) is 0 Å². The maximum Gasteiger partial charge on any atom is 0.421 e. The predicted molar refractivity (Wildman–Crippen MR) is 50.7 cm³/mol. The molecule has 0 unspecified atom stereocenters. The monoisotopic (exact) mass is 355 g/mol. The number of alkyl halides is 6. The van der Waals surface area contributed by atoms with Crippen molar-refractivity contribution in [2.45, 2.75) is 12.4 Å². The summed E-state index contributed by atoms with van der Waals surface area (Å²) < 4.78 is 116. The molecule has 0 radical (unpaired) electrons. The average Bonchev–Trinajstić information content (AvgIpc) is 2.22. The molecule has 15 heteroatoms. The van der Waals surface area contributed by atoms with Gasteiger partial charge in [0.1, 0.15) is 0 Å². The van der Waals surface area contributed by atoms with E-state index < -0.39 is 43.6 Å². The summed E-state index contributed by atoms with van der Waals surface area (Å²) in [6, 6.07) is 0. The van der Waals surface area contributed by atoms with Crippen LogP contribution in [-0.2, 0) is 28.1 Å². The average molecular weight is 355 g/mol. The molecule has 0 saturated heterocycles. The molecule has 0 aromatic rings. The van der Waals surface area contributed by atoms with Gasteiger partial charge in [0.15, 0.2) is 13.2 Å². The number of hydrogen-bond donors (Lipinski definition) is 1. The Balaban J connectivity index is 4.99. The van der Waals surface area contributed by atoms with Crippen molar-refractivity contribution in [3.05, 3.63) is 0 Å². The summed E-state index contributed by atoms with van der Waals surface area (Å²) in [7, 11) is -9.85. The van der Waals surface area contributed by atoms with Crippen LogP contribution in [0.4, 0.5) is 26.3 Å². The van der Waals surface area contributed by atoms with Gasteiger partial charge in [-0.15, -0.1) is 0 Å². The Morgan fingerprint density at radius 3 is 1.60 bits per heavy atom. The van der Waals surface area contributed by atoms with E-state index in [1.165, 1.54) is 0 Å². The molecule has 0 aliphatic rings. The van der Waals surface area contributed by atoms with Gasteiger partial charge < -0.3 is 0 Å². The highest BCUT2D eigenvalue weighted by atomic mass is 32.2. The number of hydrogen-bond acceptors (Lipinski definition) is 6. The SMILES string of the molecule is COS(=O)(=O)NP(=O)(OCC(F)(F)F)OCC(F)(F)F. The van der Waals surface area contributed by atoms with Gasteiger partial charge in [-0.3, -0.25) is 13.2 Å². The quantitative estimate of drug-likeness (QED) is 0.553. The van der Waals surface area contributed by atoms with Gasteiger partial charge in [-0.25, -0.2) is 4.57 Å². The molecular formula is C5H8F6NO6PS. The summed E-state index contributed by atoms with van der Waals surface area (Å²) in [4.78, 5) is 0. The third-order valence-electron chi connectivity index (χ3n) is 1.24. The maximum absolute atomic E-state index is 11.8. The Labute approximate surface area is 109 Å². The predicted octanol–water partition coefficient (Wildman–Crippen LogP) is 1.73. The van der Waals surface area contributed by atoms with E-state index in [1.807, 2.05) is 0 Å². The van der Waals surface area contributed by atoms with Crippen LogP contribution in [0.2, 0.25) is 0 Å². The molecule has 0 saturated carbocycles. The minimum absolute atomic E-state index is 0.514. The van der Waals surface area contributed by atoms with E-state index in [0.29, 0.717) is 7.11 Å². The van der Waals surface area contributed by atoms with Crippen LogP contribution in [0.15, 0.2) is 0 Å². The number of rotatable bonds is 7. The second-order valence-electron chi connectivity index (χ2n) is 2.99. The normalized spacial score (nSPS) is 14.6. The third-order valence-corrected chi connectivity index (χ3v) is 4.41. The van der Waals surface area contributed by atoms with Crippen LogP contribution in [0.1, 0.15) is 0 Å². The number of nitrogens with one attached hydrogen (secondary N) is 1. The fourth-order valence-corrected chi connectivity index (χ4v) is 3.10.